The summed E-state index contributed by atoms with van der Waals surface area (Å²) in [6, 6.07) is 7.14. The SMILES string of the molecule is CC(C)N[C@H](C)c1cccc2nn(C)cc12. The molecule has 0 bridgehead atoms. The van der Waals surface area contributed by atoms with Gasteiger partial charge < -0.3 is 5.32 Å². The maximum Gasteiger partial charge on any atom is 0.0926 e. The summed E-state index contributed by atoms with van der Waals surface area (Å²) in [5.41, 5.74) is 2.39. The molecule has 0 spiro atoms. The summed E-state index contributed by atoms with van der Waals surface area (Å²) in [4.78, 5) is 0. The minimum atomic E-state index is 0.355. The molecule has 1 aromatic heterocycles. The van der Waals surface area contributed by atoms with Gasteiger partial charge in [-0.05, 0) is 18.6 Å². The Morgan fingerprint density at radius 2 is 2.00 bits per heavy atom. The molecule has 0 unspecified atom stereocenters. The number of rotatable bonds is 3. The van der Waals surface area contributed by atoms with Crippen LogP contribution in [0.5, 0.6) is 0 Å². The normalized spacial score (nSPS) is 13.6. The second-order valence-electron chi connectivity index (χ2n) is 4.63. The molecule has 0 aliphatic heterocycles. The lowest BCUT2D eigenvalue weighted by atomic mass is 10.0. The van der Waals surface area contributed by atoms with Crippen molar-refractivity contribution in [2.24, 2.45) is 7.05 Å². The van der Waals surface area contributed by atoms with Crippen LogP contribution >= 0.6 is 0 Å². The van der Waals surface area contributed by atoms with E-state index in [-0.39, 0.29) is 0 Å². The molecule has 2 aromatic rings. The van der Waals surface area contributed by atoms with E-state index in [1.165, 1.54) is 10.9 Å². The molecule has 3 nitrogen and oxygen atoms in total. The van der Waals surface area contributed by atoms with E-state index in [0.29, 0.717) is 12.1 Å². The number of aromatic nitrogens is 2. The number of nitrogens with zero attached hydrogens (tertiary/aromatic N) is 2. The lowest BCUT2D eigenvalue weighted by molar-refractivity contribution is 0.508. The molecule has 0 saturated carbocycles. The summed E-state index contributed by atoms with van der Waals surface area (Å²) in [7, 11) is 1.96. The number of nitrogens with one attached hydrogen (secondary N) is 1. The number of hydrogen-bond donors (Lipinski definition) is 1. The Bertz CT molecular complexity index is 485. The second-order valence-corrected chi connectivity index (χ2v) is 4.63. The first-order chi connectivity index (χ1) is 7.58. The van der Waals surface area contributed by atoms with Gasteiger partial charge >= 0.3 is 0 Å². The minimum absolute atomic E-state index is 0.355. The summed E-state index contributed by atoms with van der Waals surface area (Å²) in [6.45, 7) is 6.53. The van der Waals surface area contributed by atoms with Crippen LogP contribution in [-0.2, 0) is 7.05 Å². The molecule has 16 heavy (non-hydrogen) atoms. The summed E-state index contributed by atoms with van der Waals surface area (Å²) < 4.78 is 1.87. The Balaban J connectivity index is 2.43. The predicted octanol–water partition coefficient (Wildman–Crippen LogP) is 2.63. The van der Waals surface area contributed by atoms with E-state index >= 15 is 0 Å². The van der Waals surface area contributed by atoms with Crippen molar-refractivity contribution in [3.8, 4) is 0 Å². The quantitative estimate of drug-likeness (QED) is 0.856. The maximum atomic E-state index is 4.42. The number of benzene rings is 1. The Morgan fingerprint density at radius 1 is 1.25 bits per heavy atom. The molecule has 1 N–H and O–H groups in total. The average Bonchev–Trinajstić information content (AvgIpc) is 2.55. The Hall–Kier alpha value is -1.35. The number of hydrogen-bond acceptors (Lipinski definition) is 2. The lowest BCUT2D eigenvalue weighted by Crippen LogP contribution is -2.26. The van der Waals surface area contributed by atoms with Crippen molar-refractivity contribution in [2.75, 3.05) is 0 Å². The predicted molar refractivity (Wildman–Crippen MR) is 67.4 cm³/mol. The molecule has 1 aromatic carbocycles. The number of aryl methyl sites for hydroxylation is 1. The highest BCUT2D eigenvalue weighted by Gasteiger charge is 2.11. The van der Waals surface area contributed by atoms with E-state index in [2.05, 4.69) is 55.6 Å². The van der Waals surface area contributed by atoms with Gasteiger partial charge in [0, 0.05) is 30.7 Å². The van der Waals surface area contributed by atoms with Crippen LogP contribution < -0.4 is 5.32 Å². The van der Waals surface area contributed by atoms with E-state index < -0.39 is 0 Å². The van der Waals surface area contributed by atoms with Gasteiger partial charge in [-0.3, -0.25) is 4.68 Å². The third-order valence-corrected chi connectivity index (χ3v) is 2.75. The summed E-state index contributed by atoms with van der Waals surface area (Å²) in [5.74, 6) is 0. The molecule has 0 fully saturated rings. The van der Waals surface area contributed by atoms with Crippen molar-refractivity contribution in [3.63, 3.8) is 0 Å². The molecule has 2 rings (SSSR count). The third kappa shape index (κ3) is 2.09. The van der Waals surface area contributed by atoms with Gasteiger partial charge in [-0.2, -0.15) is 5.10 Å². The third-order valence-electron chi connectivity index (χ3n) is 2.75. The van der Waals surface area contributed by atoms with Gasteiger partial charge in [0.05, 0.1) is 5.52 Å². The Kier molecular flexibility index (Phi) is 2.97. The van der Waals surface area contributed by atoms with E-state index in [9.17, 15) is 0 Å². The van der Waals surface area contributed by atoms with Gasteiger partial charge in [-0.25, -0.2) is 0 Å². The first-order valence-corrected chi connectivity index (χ1v) is 5.76. The lowest BCUT2D eigenvalue weighted by Gasteiger charge is -2.17. The van der Waals surface area contributed by atoms with Crippen LogP contribution in [0.15, 0.2) is 24.4 Å². The van der Waals surface area contributed by atoms with Crippen LogP contribution in [0.2, 0.25) is 0 Å². The van der Waals surface area contributed by atoms with Gasteiger partial charge in [0.25, 0.3) is 0 Å². The largest absolute Gasteiger partial charge is 0.308 e. The van der Waals surface area contributed by atoms with E-state index in [1.807, 2.05) is 11.7 Å². The van der Waals surface area contributed by atoms with Gasteiger partial charge in [0.2, 0.25) is 0 Å². The van der Waals surface area contributed by atoms with Gasteiger partial charge in [-0.1, -0.05) is 26.0 Å². The molecule has 0 saturated heterocycles. The molecule has 1 heterocycles. The monoisotopic (exact) mass is 217 g/mol. The first-order valence-electron chi connectivity index (χ1n) is 5.76. The summed E-state index contributed by atoms with van der Waals surface area (Å²) in [5, 5.41) is 9.19. The van der Waals surface area contributed by atoms with Crippen molar-refractivity contribution in [3.05, 3.63) is 30.0 Å². The zero-order chi connectivity index (χ0) is 11.7. The fourth-order valence-electron chi connectivity index (χ4n) is 2.15. The molecule has 86 valence electrons. The molecule has 0 amide bonds. The van der Waals surface area contributed by atoms with Crippen LogP contribution in [0.1, 0.15) is 32.4 Å². The van der Waals surface area contributed by atoms with Crippen molar-refractivity contribution in [2.45, 2.75) is 32.9 Å². The van der Waals surface area contributed by atoms with Crippen LogP contribution in [-0.4, -0.2) is 15.8 Å². The highest BCUT2D eigenvalue weighted by molar-refractivity contribution is 5.82. The molecule has 0 radical (unpaired) electrons. The van der Waals surface area contributed by atoms with Crippen molar-refractivity contribution in [1.82, 2.24) is 15.1 Å². The topological polar surface area (TPSA) is 29.9 Å². The summed E-state index contributed by atoms with van der Waals surface area (Å²) in [6.07, 6.45) is 2.09. The van der Waals surface area contributed by atoms with Gasteiger partial charge in [-0.15, -0.1) is 0 Å². The Labute approximate surface area is 96.5 Å². The molecule has 0 aliphatic rings. The fraction of sp³-hybridized carbons (Fsp3) is 0.462. The minimum Gasteiger partial charge on any atom is -0.308 e. The van der Waals surface area contributed by atoms with Gasteiger partial charge in [0.15, 0.2) is 0 Å². The van der Waals surface area contributed by atoms with Crippen molar-refractivity contribution >= 4 is 10.9 Å². The van der Waals surface area contributed by atoms with Crippen LogP contribution in [0.4, 0.5) is 0 Å². The van der Waals surface area contributed by atoms with E-state index in [4.69, 9.17) is 0 Å². The zero-order valence-corrected chi connectivity index (χ0v) is 10.4. The average molecular weight is 217 g/mol. The summed E-state index contributed by atoms with van der Waals surface area (Å²) >= 11 is 0. The molecule has 3 heteroatoms. The smallest absolute Gasteiger partial charge is 0.0926 e. The van der Waals surface area contributed by atoms with Crippen LogP contribution in [0.25, 0.3) is 10.9 Å². The fourth-order valence-corrected chi connectivity index (χ4v) is 2.15. The highest BCUT2D eigenvalue weighted by Crippen LogP contribution is 2.23. The first kappa shape index (κ1) is 11.1. The molecule has 1 atom stereocenters. The van der Waals surface area contributed by atoms with Crippen molar-refractivity contribution < 1.29 is 0 Å². The molecule has 0 aliphatic carbocycles. The highest BCUT2D eigenvalue weighted by atomic mass is 15.2. The Morgan fingerprint density at radius 3 is 2.69 bits per heavy atom. The molecular weight excluding hydrogens is 198 g/mol. The zero-order valence-electron chi connectivity index (χ0n) is 10.4. The molecular formula is C13H19N3. The standard InChI is InChI=1S/C13H19N3/c1-9(2)14-10(3)11-6-5-7-13-12(11)8-16(4)15-13/h5-10,14H,1-4H3/t10-/m1/s1. The number of fused-ring (bicyclic) bond motifs is 1. The van der Waals surface area contributed by atoms with Crippen LogP contribution in [0.3, 0.4) is 0 Å². The van der Waals surface area contributed by atoms with Crippen LogP contribution in [0, 0.1) is 0 Å². The van der Waals surface area contributed by atoms with E-state index in [0.717, 1.165) is 5.52 Å². The second kappa shape index (κ2) is 4.26. The maximum absolute atomic E-state index is 4.42. The van der Waals surface area contributed by atoms with E-state index in [1.54, 1.807) is 0 Å². The van der Waals surface area contributed by atoms with Crippen molar-refractivity contribution in [1.29, 1.82) is 0 Å². The van der Waals surface area contributed by atoms with Gasteiger partial charge in [0.1, 0.15) is 0 Å².